The zero-order valence-corrected chi connectivity index (χ0v) is 21.6. The van der Waals surface area contributed by atoms with Gasteiger partial charge in [-0.3, -0.25) is 9.59 Å². The summed E-state index contributed by atoms with van der Waals surface area (Å²) in [7, 11) is 0. The summed E-state index contributed by atoms with van der Waals surface area (Å²) in [5.41, 5.74) is 8.28. The number of β-lactam (4-membered cyclic amide) rings is 1. The van der Waals surface area contributed by atoms with Gasteiger partial charge < -0.3 is 20.8 Å². The Hall–Kier alpha value is -2.72. The zero-order chi connectivity index (χ0) is 24.4. The van der Waals surface area contributed by atoms with Crippen molar-refractivity contribution in [3.05, 3.63) is 52.4 Å². The number of benzene rings is 1. The monoisotopic (exact) mass is 566 g/mol. The number of nitrogen functional groups attached to an aromatic ring is 1. The van der Waals surface area contributed by atoms with E-state index in [0.29, 0.717) is 16.5 Å². The molecule has 4 heterocycles. The average Bonchev–Trinajstić information content (AvgIpc) is 3.54. The van der Waals surface area contributed by atoms with Crippen LogP contribution in [0.25, 0.3) is 0 Å². The van der Waals surface area contributed by atoms with Crippen LogP contribution in [-0.4, -0.2) is 64.9 Å². The lowest BCUT2D eigenvalue weighted by atomic mass is 10.1. The van der Waals surface area contributed by atoms with Gasteiger partial charge in [0.1, 0.15) is 16.9 Å². The maximum atomic E-state index is 13.1. The predicted octanol–water partition coefficient (Wildman–Crippen LogP) is 2.48. The Morgan fingerprint density at radius 2 is 2.20 bits per heavy atom. The number of nitrogens with zero attached hydrogens (tertiary/aromatic N) is 6. The maximum Gasteiger partial charge on any atom is 0.278 e. The third-order valence-corrected chi connectivity index (χ3v) is 8.92. The molecule has 0 radical (unpaired) electrons. The molecule has 2 atom stereocenters. The van der Waals surface area contributed by atoms with E-state index in [-0.39, 0.29) is 27.9 Å². The van der Waals surface area contributed by atoms with Crippen LogP contribution in [0.1, 0.15) is 5.82 Å². The average molecular weight is 567 g/mol. The van der Waals surface area contributed by atoms with Crippen molar-refractivity contribution in [2.75, 3.05) is 17.2 Å². The molecule has 0 aliphatic carbocycles. The smallest absolute Gasteiger partial charge is 0.278 e. The summed E-state index contributed by atoms with van der Waals surface area (Å²) in [6.07, 6.45) is 1.85. The summed E-state index contributed by atoms with van der Waals surface area (Å²) in [6.45, 7) is 0. The van der Waals surface area contributed by atoms with Crippen LogP contribution < -0.4 is 15.9 Å². The summed E-state index contributed by atoms with van der Waals surface area (Å²) in [4.78, 5) is 36.9. The summed E-state index contributed by atoms with van der Waals surface area (Å²) in [6, 6.07) is 5.74. The topological polar surface area (TPSA) is 149 Å². The van der Waals surface area contributed by atoms with Gasteiger partial charge in [-0.25, -0.2) is 0 Å². The quantitative estimate of drug-likeness (QED) is 0.180. The van der Waals surface area contributed by atoms with E-state index in [1.807, 2.05) is 6.20 Å². The second-order valence-corrected chi connectivity index (χ2v) is 11.5. The summed E-state index contributed by atoms with van der Waals surface area (Å²) >= 11 is 11.4. The molecule has 1 saturated heterocycles. The van der Waals surface area contributed by atoms with Crippen LogP contribution in [0.2, 0.25) is 5.02 Å². The minimum absolute atomic E-state index is 0.00905. The van der Waals surface area contributed by atoms with Crippen molar-refractivity contribution < 1.29 is 14.4 Å². The maximum absolute atomic E-state index is 13.1. The van der Waals surface area contributed by atoms with E-state index in [0.717, 1.165) is 27.2 Å². The first-order chi connectivity index (χ1) is 17.0. The highest BCUT2D eigenvalue weighted by Gasteiger charge is 2.49. The van der Waals surface area contributed by atoms with Crippen molar-refractivity contribution in [3.8, 4) is 5.75 Å². The zero-order valence-electron chi connectivity index (χ0n) is 17.5. The first-order valence-corrected chi connectivity index (χ1v) is 14.0. The Morgan fingerprint density at radius 3 is 2.91 bits per heavy atom. The lowest BCUT2D eigenvalue weighted by Crippen LogP contribution is -2.69. The predicted molar refractivity (Wildman–Crippen MR) is 137 cm³/mol. The molecule has 0 spiro atoms. The van der Waals surface area contributed by atoms with Crippen LogP contribution in [0.15, 0.2) is 51.0 Å². The minimum Gasteiger partial charge on any atom is -0.374 e. The van der Waals surface area contributed by atoms with E-state index < -0.39 is 11.9 Å². The Balaban J connectivity index is 1.26. The lowest BCUT2D eigenvalue weighted by Gasteiger charge is -2.47. The van der Waals surface area contributed by atoms with Crippen molar-refractivity contribution in [1.29, 1.82) is 0 Å². The minimum atomic E-state index is -0.710. The van der Waals surface area contributed by atoms with E-state index in [4.69, 9.17) is 22.2 Å². The normalized spacial score (nSPS) is 19.6. The molecule has 11 nitrogen and oxygen atoms in total. The first-order valence-electron chi connectivity index (χ1n) is 9.91. The molecule has 3 N–H and O–H groups in total. The number of anilines is 1. The molecule has 1 aromatic carbocycles. The van der Waals surface area contributed by atoms with Gasteiger partial charge in [-0.2, -0.15) is 9.36 Å². The number of amides is 2. The van der Waals surface area contributed by atoms with Gasteiger partial charge in [-0.15, -0.1) is 22.0 Å². The summed E-state index contributed by atoms with van der Waals surface area (Å²) in [5, 5.41) is 15.0. The number of nitrogens with one attached hydrogen (secondary N) is 1. The Labute approximate surface area is 220 Å². The van der Waals surface area contributed by atoms with Crippen LogP contribution in [-0.2, 0) is 9.59 Å². The molecular weight excluding hydrogens is 552 g/mol. The van der Waals surface area contributed by atoms with Gasteiger partial charge in [-0.1, -0.05) is 39.9 Å². The number of nitrogens with two attached hydrogens (primary N) is 1. The lowest BCUT2D eigenvalue weighted by molar-refractivity contribution is -0.143. The van der Waals surface area contributed by atoms with Crippen molar-refractivity contribution in [3.63, 3.8) is 0 Å². The van der Waals surface area contributed by atoms with Crippen molar-refractivity contribution >= 4 is 80.7 Å². The van der Waals surface area contributed by atoms with Gasteiger partial charge in [0.05, 0.1) is 0 Å². The summed E-state index contributed by atoms with van der Waals surface area (Å²) < 4.78 is 4.94. The van der Waals surface area contributed by atoms with Gasteiger partial charge in [0.25, 0.3) is 11.8 Å². The van der Waals surface area contributed by atoms with Gasteiger partial charge in [-0.05, 0) is 29.8 Å². The van der Waals surface area contributed by atoms with E-state index in [2.05, 4.69) is 30.0 Å². The van der Waals surface area contributed by atoms with Crippen molar-refractivity contribution in [2.24, 2.45) is 5.16 Å². The first kappa shape index (κ1) is 24.0. The molecule has 1 unspecified atom stereocenters. The fourth-order valence-corrected chi connectivity index (χ4v) is 6.54. The second kappa shape index (κ2) is 10.5. The van der Waals surface area contributed by atoms with Crippen LogP contribution in [0, 0.1) is 0 Å². The number of aromatic nitrogens is 4. The van der Waals surface area contributed by atoms with E-state index >= 15 is 0 Å². The molecule has 35 heavy (non-hydrogen) atoms. The molecule has 2 aliphatic rings. The molecule has 2 amide bonds. The number of hydrogen-bond acceptors (Lipinski definition) is 13. The molecule has 2 aromatic heterocycles. The third-order valence-electron chi connectivity index (χ3n) is 4.77. The number of hydrogen-bond donors (Lipinski definition) is 2. The number of oxime groups is 1. The number of rotatable bonds is 8. The third kappa shape index (κ3) is 5.43. The van der Waals surface area contributed by atoms with Crippen molar-refractivity contribution in [2.45, 2.75) is 15.8 Å². The highest BCUT2D eigenvalue weighted by atomic mass is 35.5. The Morgan fingerprint density at radius 1 is 1.37 bits per heavy atom. The second-order valence-electron chi connectivity index (χ2n) is 7.12. The molecule has 3 aromatic rings. The number of thioether (sulfide) groups is 2. The van der Waals surface area contributed by atoms with Gasteiger partial charge in [0.2, 0.25) is 11.5 Å². The van der Waals surface area contributed by atoms with Gasteiger partial charge in [0.15, 0.2) is 15.2 Å². The molecule has 0 bridgehead atoms. The highest BCUT2D eigenvalue weighted by Crippen LogP contribution is 2.37. The molecule has 1 fully saturated rings. The standard InChI is InChI=1S/C19H15ClN8O3S4/c20-10-1-3-11(4-2-10)31-26-12(14-24-18(21)35-27-14)15(29)23-13-16(30)28-5-9(6-32-17(13)28)7-33-19-25-22-8-34-19/h1-5,8,13,17H,6-7H2,(H,23,29)(H2,21,24,27)/t13?,17-/m0/s1. The molecule has 2 aliphatic heterocycles. The van der Waals surface area contributed by atoms with Crippen LogP contribution >= 0.6 is 58.0 Å². The highest BCUT2D eigenvalue weighted by molar-refractivity contribution is 8.01. The molecular formula is C19H15ClN8O3S4. The summed E-state index contributed by atoms with van der Waals surface area (Å²) in [5.74, 6) is 0.966. The molecule has 0 saturated carbocycles. The molecule has 16 heteroatoms. The largest absolute Gasteiger partial charge is 0.374 e. The van der Waals surface area contributed by atoms with Crippen LogP contribution in [0.3, 0.4) is 0 Å². The van der Waals surface area contributed by atoms with Crippen LogP contribution in [0.4, 0.5) is 5.13 Å². The van der Waals surface area contributed by atoms with E-state index in [1.165, 1.54) is 11.3 Å². The molecule has 5 rings (SSSR count). The molecule has 180 valence electrons. The van der Waals surface area contributed by atoms with E-state index in [9.17, 15) is 9.59 Å². The number of carbonyl (C=O) groups is 2. The number of fused-ring (bicyclic) bond motifs is 1. The Kier molecular flexibility index (Phi) is 7.19. The number of carbonyl (C=O) groups excluding carboxylic acids is 2. The van der Waals surface area contributed by atoms with E-state index in [1.54, 1.807) is 58.2 Å². The SMILES string of the molecule is Nc1nc(C(=NOc2ccc(Cl)cc2)C(=O)NC2C(=O)N3C=C(CSc4nncs4)CS[C@@H]23)ns1. The van der Waals surface area contributed by atoms with Crippen molar-refractivity contribution in [1.82, 2.24) is 29.8 Å². The van der Waals surface area contributed by atoms with Gasteiger partial charge >= 0.3 is 0 Å². The Bertz CT molecular complexity index is 1300. The fraction of sp³-hybridized carbons (Fsp3) is 0.211. The fourth-order valence-electron chi connectivity index (χ4n) is 3.14. The van der Waals surface area contributed by atoms with Crippen LogP contribution in [0.5, 0.6) is 5.75 Å². The number of halogens is 1. The van der Waals surface area contributed by atoms with Gasteiger partial charge in [0, 0.05) is 34.3 Å².